The minimum Gasteiger partial charge on any atom is -0.347 e. The molecular formula is C18H19N3O2. The molecule has 5 nitrogen and oxygen atoms in total. The Morgan fingerprint density at radius 1 is 1.22 bits per heavy atom. The molecule has 1 aromatic heterocycles. The Bertz CT molecular complexity index is 673. The minimum atomic E-state index is -0.180. The summed E-state index contributed by atoms with van der Waals surface area (Å²) in [4.78, 5) is 30.0. The molecule has 1 aromatic carbocycles. The van der Waals surface area contributed by atoms with Gasteiger partial charge in [0.2, 0.25) is 5.91 Å². The second-order valence-corrected chi connectivity index (χ2v) is 5.69. The normalized spacial score (nSPS) is 17.3. The van der Waals surface area contributed by atoms with Crippen LogP contribution in [-0.2, 0) is 11.2 Å². The lowest BCUT2D eigenvalue weighted by atomic mass is 10.1. The van der Waals surface area contributed by atoms with Gasteiger partial charge in [0.05, 0.1) is 11.6 Å². The first-order chi connectivity index (χ1) is 11.2. The number of carbonyl (C=O) groups excluding carboxylic acids is 2. The van der Waals surface area contributed by atoms with Gasteiger partial charge in [0.25, 0.3) is 5.91 Å². The van der Waals surface area contributed by atoms with Crippen LogP contribution in [0.1, 0.15) is 22.3 Å². The van der Waals surface area contributed by atoms with Crippen LogP contribution in [0.25, 0.3) is 0 Å². The Morgan fingerprint density at radius 3 is 2.78 bits per heavy atom. The molecule has 1 saturated heterocycles. The van der Waals surface area contributed by atoms with Crippen LogP contribution in [0.15, 0.2) is 54.9 Å². The molecule has 1 fully saturated rings. The summed E-state index contributed by atoms with van der Waals surface area (Å²) in [5.41, 5.74) is 1.73. The van der Waals surface area contributed by atoms with Crippen molar-refractivity contribution in [1.29, 1.82) is 0 Å². The fraction of sp³-hybridized carbons (Fsp3) is 0.278. The third-order valence-corrected chi connectivity index (χ3v) is 3.99. The number of amides is 2. The third-order valence-electron chi connectivity index (χ3n) is 3.99. The fourth-order valence-corrected chi connectivity index (χ4v) is 2.76. The van der Waals surface area contributed by atoms with Crippen molar-refractivity contribution in [2.24, 2.45) is 0 Å². The molecule has 1 N–H and O–H groups in total. The van der Waals surface area contributed by atoms with Crippen molar-refractivity contribution in [3.05, 3.63) is 66.0 Å². The summed E-state index contributed by atoms with van der Waals surface area (Å²) in [6.45, 7) is 1.25. The lowest BCUT2D eigenvalue weighted by molar-refractivity contribution is -0.127. The van der Waals surface area contributed by atoms with Crippen molar-refractivity contribution < 1.29 is 9.59 Å². The first-order valence-corrected chi connectivity index (χ1v) is 7.75. The number of hydrogen-bond acceptors (Lipinski definition) is 3. The monoisotopic (exact) mass is 309 g/mol. The molecule has 0 bridgehead atoms. The second kappa shape index (κ2) is 7.05. The number of rotatable bonds is 5. The Kier molecular flexibility index (Phi) is 4.66. The standard InChI is InChI=1S/C18H19N3O2/c22-17-11-16(20-18(23)15-7-4-9-19-12-15)13-21(17)10-8-14-5-2-1-3-6-14/h1-7,9,12,16H,8,10-11,13H2,(H,20,23)/t16-/m1/s1. The summed E-state index contributed by atoms with van der Waals surface area (Å²) < 4.78 is 0. The number of likely N-dealkylation sites (tertiary alicyclic amines) is 1. The molecule has 0 aliphatic carbocycles. The molecule has 23 heavy (non-hydrogen) atoms. The summed E-state index contributed by atoms with van der Waals surface area (Å²) in [7, 11) is 0. The largest absolute Gasteiger partial charge is 0.347 e. The van der Waals surface area contributed by atoms with E-state index in [1.807, 2.05) is 23.1 Å². The van der Waals surface area contributed by atoms with E-state index in [0.29, 0.717) is 25.1 Å². The summed E-state index contributed by atoms with van der Waals surface area (Å²) in [5.74, 6) is -0.0850. The molecule has 1 aliphatic heterocycles. The zero-order chi connectivity index (χ0) is 16.1. The molecule has 2 amide bonds. The molecule has 0 radical (unpaired) electrons. The summed E-state index contributed by atoms with van der Waals surface area (Å²) in [5, 5.41) is 2.91. The van der Waals surface area contributed by atoms with Crippen LogP contribution < -0.4 is 5.32 Å². The van der Waals surface area contributed by atoms with Gasteiger partial charge in [0, 0.05) is 31.9 Å². The highest BCUT2D eigenvalue weighted by Crippen LogP contribution is 2.13. The van der Waals surface area contributed by atoms with E-state index in [9.17, 15) is 9.59 Å². The lowest BCUT2D eigenvalue weighted by Crippen LogP contribution is -2.37. The maximum atomic E-state index is 12.1. The maximum Gasteiger partial charge on any atom is 0.253 e. The molecule has 0 spiro atoms. The summed E-state index contributed by atoms with van der Waals surface area (Å²) >= 11 is 0. The van der Waals surface area contributed by atoms with Crippen LogP contribution in [-0.4, -0.2) is 40.8 Å². The van der Waals surface area contributed by atoms with Gasteiger partial charge in [-0.05, 0) is 24.1 Å². The molecule has 1 aliphatic rings. The number of benzene rings is 1. The first kappa shape index (κ1) is 15.2. The highest BCUT2D eigenvalue weighted by atomic mass is 16.2. The van der Waals surface area contributed by atoms with Gasteiger partial charge in [0.15, 0.2) is 0 Å². The van der Waals surface area contributed by atoms with Crippen LogP contribution in [0, 0.1) is 0 Å². The van der Waals surface area contributed by atoms with Gasteiger partial charge in [0.1, 0.15) is 0 Å². The Balaban J connectivity index is 1.52. The number of nitrogens with one attached hydrogen (secondary N) is 1. The Morgan fingerprint density at radius 2 is 2.04 bits per heavy atom. The first-order valence-electron chi connectivity index (χ1n) is 7.75. The van der Waals surface area contributed by atoms with E-state index in [2.05, 4.69) is 22.4 Å². The predicted molar refractivity (Wildman–Crippen MR) is 86.8 cm³/mol. The fourth-order valence-electron chi connectivity index (χ4n) is 2.76. The van der Waals surface area contributed by atoms with E-state index < -0.39 is 0 Å². The Hall–Kier alpha value is -2.69. The van der Waals surface area contributed by atoms with Gasteiger partial charge < -0.3 is 10.2 Å². The van der Waals surface area contributed by atoms with Crippen LogP contribution in [0.3, 0.4) is 0 Å². The molecule has 3 rings (SSSR count). The topological polar surface area (TPSA) is 62.3 Å². The second-order valence-electron chi connectivity index (χ2n) is 5.69. The molecule has 1 atom stereocenters. The van der Waals surface area contributed by atoms with Crippen molar-refractivity contribution in [2.45, 2.75) is 18.9 Å². The quantitative estimate of drug-likeness (QED) is 0.913. The van der Waals surface area contributed by atoms with Crippen molar-refractivity contribution in [2.75, 3.05) is 13.1 Å². The van der Waals surface area contributed by atoms with Gasteiger partial charge in [-0.1, -0.05) is 30.3 Å². The van der Waals surface area contributed by atoms with Crippen LogP contribution in [0.5, 0.6) is 0 Å². The zero-order valence-corrected chi connectivity index (χ0v) is 12.8. The van der Waals surface area contributed by atoms with Crippen LogP contribution in [0.4, 0.5) is 0 Å². The highest BCUT2D eigenvalue weighted by molar-refractivity contribution is 5.94. The molecule has 2 aromatic rings. The number of aromatic nitrogens is 1. The van der Waals surface area contributed by atoms with E-state index in [1.165, 1.54) is 11.8 Å². The van der Waals surface area contributed by atoms with E-state index in [-0.39, 0.29) is 17.9 Å². The van der Waals surface area contributed by atoms with E-state index in [1.54, 1.807) is 18.3 Å². The minimum absolute atomic E-state index is 0.0948. The van der Waals surface area contributed by atoms with Crippen molar-refractivity contribution in [3.8, 4) is 0 Å². The van der Waals surface area contributed by atoms with E-state index in [0.717, 1.165) is 6.42 Å². The van der Waals surface area contributed by atoms with Crippen molar-refractivity contribution in [3.63, 3.8) is 0 Å². The number of nitrogens with zero attached hydrogens (tertiary/aromatic N) is 2. The average molecular weight is 309 g/mol. The molecule has 5 heteroatoms. The average Bonchev–Trinajstić information content (AvgIpc) is 2.94. The van der Waals surface area contributed by atoms with Gasteiger partial charge in [-0.3, -0.25) is 14.6 Å². The summed E-state index contributed by atoms with van der Waals surface area (Å²) in [6, 6.07) is 13.4. The van der Waals surface area contributed by atoms with Gasteiger partial charge in [-0.15, -0.1) is 0 Å². The van der Waals surface area contributed by atoms with Crippen LogP contribution in [0.2, 0.25) is 0 Å². The van der Waals surface area contributed by atoms with E-state index in [4.69, 9.17) is 0 Å². The lowest BCUT2D eigenvalue weighted by Gasteiger charge is -2.17. The molecule has 0 unspecified atom stereocenters. The van der Waals surface area contributed by atoms with Crippen LogP contribution >= 0.6 is 0 Å². The zero-order valence-electron chi connectivity index (χ0n) is 12.8. The van der Waals surface area contributed by atoms with Crippen molar-refractivity contribution in [1.82, 2.24) is 15.2 Å². The predicted octanol–water partition coefficient (Wildman–Crippen LogP) is 1.65. The maximum absolute atomic E-state index is 12.1. The number of pyridine rings is 1. The Labute approximate surface area is 135 Å². The van der Waals surface area contributed by atoms with Gasteiger partial charge >= 0.3 is 0 Å². The van der Waals surface area contributed by atoms with Crippen molar-refractivity contribution >= 4 is 11.8 Å². The number of hydrogen-bond donors (Lipinski definition) is 1. The van der Waals surface area contributed by atoms with E-state index >= 15 is 0 Å². The van der Waals surface area contributed by atoms with Gasteiger partial charge in [-0.25, -0.2) is 0 Å². The molecule has 2 heterocycles. The van der Waals surface area contributed by atoms with Gasteiger partial charge in [-0.2, -0.15) is 0 Å². The molecule has 0 saturated carbocycles. The highest BCUT2D eigenvalue weighted by Gasteiger charge is 2.30. The smallest absolute Gasteiger partial charge is 0.253 e. The summed E-state index contributed by atoms with van der Waals surface area (Å²) in [6.07, 6.45) is 4.34. The molecular weight excluding hydrogens is 290 g/mol. The number of carbonyl (C=O) groups is 2. The SMILES string of the molecule is O=C(N[C@@H]1CC(=O)N(CCc2ccccc2)C1)c1cccnc1. The molecule has 118 valence electrons. The third kappa shape index (κ3) is 3.94.